The van der Waals surface area contributed by atoms with Crippen LogP contribution in [0.15, 0.2) is 12.3 Å². The van der Waals surface area contributed by atoms with Gasteiger partial charge in [-0.05, 0) is 12.5 Å². The first kappa shape index (κ1) is 9.60. The number of nitrogens with two attached hydrogens (primary N) is 1. The fourth-order valence-electron chi connectivity index (χ4n) is 1.20. The summed E-state index contributed by atoms with van der Waals surface area (Å²) in [6.07, 6.45) is 8.04. The van der Waals surface area contributed by atoms with Crippen molar-refractivity contribution in [2.45, 2.75) is 26.2 Å². The Hall–Kier alpha value is -1.49. The highest BCUT2D eigenvalue weighted by Gasteiger charge is 2.10. The van der Waals surface area contributed by atoms with Gasteiger partial charge in [-0.2, -0.15) is 0 Å². The second kappa shape index (κ2) is 3.95. The molecule has 2 heteroatoms. The van der Waals surface area contributed by atoms with Crippen LogP contribution in [0.3, 0.4) is 0 Å². The molecular formula is C11H14N2. The van der Waals surface area contributed by atoms with E-state index in [9.17, 15) is 0 Å². The number of pyridine rings is 1. The SMILES string of the molecule is C#Cc1ccnc(C(C)CC)c1N. The highest BCUT2D eigenvalue weighted by molar-refractivity contribution is 5.58. The fourth-order valence-corrected chi connectivity index (χ4v) is 1.20. The maximum atomic E-state index is 5.87. The van der Waals surface area contributed by atoms with Gasteiger partial charge in [0.15, 0.2) is 0 Å². The van der Waals surface area contributed by atoms with Gasteiger partial charge in [0.2, 0.25) is 0 Å². The summed E-state index contributed by atoms with van der Waals surface area (Å²) in [5.74, 6) is 2.92. The number of rotatable bonds is 2. The molecular weight excluding hydrogens is 160 g/mol. The Kier molecular flexibility index (Phi) is 2.92. The van der Waals surface area contributed by atoms with Crippen molar-refractivity contribution < 1.29 is 0 Å². The highest BCUT2D eigenvalue weighted by Crippen LogP contribution is 2.24. The average Bonchev–Trinajstić information content (AvgIpc) is 2.17. The number of hydrogen-bond donors (Lipinski definition) is 1. The van der Waals surface area contributed by atoms with Gasteiger partial charge in [-0.1, -0.05) is 19.8 Å². The first-order valence-corrected chi connectivity index (χ1v) is 4.41. The van der Waals surface area contributed by atoms with Crippen LogP contribution in [0.25, 0.3) is 0 Å². The third-order valence-corrected chi connectivity index (χ3v) is 2.26. The Balaban J connectivity index is 3.17. The second-order valence-electron chi connectivity index (χ2n) is 3.11. The topological polar surface area (TPSA) is 38.9 Å². The Bertz CT molecular complexity index is 336. The molecule has 1 atom stereocenters. The molecule has 1 heterocycles. The van der Waals surface area contributed by atoms with Crippen molar-refractivity contribution in [3.63, 3.8) is 0 Å². The molecule has 0 saturated heterocycles. The molecule has 0 fully saturated rings. The van der Waals surface area contributed by atoms with Gasteiger partial charge < -0.3 is 5.73 Å². The number of nitrogens with zero attached hydrogens (tertiary/aromatic N) is 1. The molecule has 0 saturated carbocycles. The Morgan fingerprint density at radius 2 is 2.38 bits per heavy atom. The zero-order valence-electron chi connectivity index (χ0n) is 8.04. The molecule has 1 unspecified atom stereocenters. The zero-order chi connectivity index (χ0) is 9.84. The van der Waals surface area contributed by atoms with Crippen molar-refractivity contribution >= 4 is 5.69 Å². The van der Waals surface area contributed by atoms with E-state index in [1.54, 1.807) is 12.3 Å². The van der Waals surface area contributed by atoms with Crippen molar-refractivity contribution in [1.82, 2.24) is 4.98 Å². The maximum absolute atomic E-state index is 5.87. The second-order valence-corrected chi connectivity index (χ2v) is 3.11. The van der Waals surface area contributed by atoms with Gasteiger partial charge in [0.05, 0.1) is 16.9 Å². The number of aromatic nitrogens is 1. The molecule has 0 radical (unpaired) electrons. The normalized spacial score (nSPS) is 12.1. The highest BCUT2D eigenvalue weighted by atomic mass is 14.7. The Morgan fingerprint density at radius 3 is 2.92 bits per heavy atom. The van der Waals surface area contributed by atoms with Gasteiger partial charge in [0.1, 0.15) is 0 Å². The molecule has 13 heavy (non-hydrogen) atoms. The van der Waals surface area contributed by atoms with Crippen molar-refractivity contribution in [3.05, 3.63) is 23.5 Å². The largest absolute Gasteiger partial charge is 0.396 e. The Labute approximate surface area is 79.2 Å². The summed E-state index contributed by atoms with van der Waals surface area (Å²) in [5.41, 5.74) is 8.17. The van der Waals surface area contributed by atoms with Crippen molar-refractivity contribution in [2.75, 3.05) is 5.73 Å². The summed E-state index contributed by atoms with van der Waals surface area (Å²) in [6, 6.07) is 1.77. The van der Waals surface area contributed by atoms with Crippen LogP contribution in [-0.2, 0) is 0 Å². The lowest BCUT2D eigenvalue weighted by Gasteiger charge is -2.11. The molecule has 0 aliphatic carbocycles. The van der Waals surface area contributed by atoms with Crippen LogP contribution in [0.2, 0.25) is 0 Å². The lowest BCUT2D eigenvalue weighted by atomic mass is 10.0. The van der Waals surface area contributed by atoms with Gasteiger partial charge in [0, 0.05) is 12.1 Å². The first-order valence-electron chi connectivity index (χ1n) is 4.41. The summed E-state index contributed by atoms with van der Waals surface area (Å²) in [5, 5.41) is 0. The van der Waals surface area contributed by atoms with Crippen LogP contribution in [0.5, 0.6) is 0 Å². The van der Waals surface area contributed by atoms with E-state index >= 15 is 0 Å². The minimum absolute atomic E-state index is 0.369. The summed E-state index contributed by atoms with van der Waals surface area (Å²) >= 11 is 0. The van der Waals surface area contributed by atoms with Gasteiger partial charge in [-0.25, -0.2) is 0 Å². The standard InChI is InChI=1S/C11H14N2/c1-4-8(3)11-10(12)9(5-2)6-7-13-11/h2,6-8H,4,12H2,1,3H3. The van der Waals surface area contributed by atoms with E-state index in [0.717, 1.165) is 17.7 Å². The van der Waals surface area contributed by atoms with Crippen molar-refractivity contribution in [1.29, 1.82) is 0 Å². The maximum Gasteiger partial charge on any atom is 0.0695 e. The molecule has 2 nitrogen and oxygen atoms in total. The van der Waals surface area contributed by atoms with Crippen LogP contribution in [-0.4, -0.2) is 4.98 Å². The molecule has 68 valence electrons. The monoisotopic (exact) mass is 174 g/mol. The minimum Gasteiger partial charge on any atom is -0.396 e. The smallest absolute Gasteiger partial charge is 0.0695 e. The van der Waals surface area contributed by atoms with Gasteiger partial charge in [-0.3, -0.25) is 4.98 Å². The summed E-state index contributed by atoms with van der Waals surface area (Å²) in [4.78, 5) is 4.24. The van der Waals surface area contributed by atoms with Gasteiger partial charge in [-0.15, -0.1) is 6.42 Å². The zero-order valence-corrected chi connectivity index (χ0v) is 8.04. The van der Waals surface area contributed by atoms with Gasteiger partial charge in [0.25, 0.3) is 0 Å². The first-order chi connectivity index (χ1) is 6.20. The van der Waals surface area contributed by atoms with Gasteiger partial charge >= 0.3 is 0 Å². The molecule has 2 N–H and O–H groups in total. The van der Waals surface area contributed by atoms with Crippen molar-refractivity contribution in [2.24, 2.45) is 0 Å². The van der Waals surface area contributed by atoms with Crippen molar-refractivity contribution in [3.8, 4) is 12.3 Å². The fraction of sp³-hybridized carbons (Fsp3) is 0.364. The summed E-state index contributed by atoms with van der Waals surface area (Å²) < 4.78 is 0. The number of anilines is 1. The quantitative estimate of drug-likeness (QED) is 0.698. The van der Waals surface area contributed by atoms with E-state index in [0.29, 0.717) is 11.6 Å². The minimum atomic E-state index is 0.369. The predicted molar refractivity (Wildman–Crippen MR) is 55.3 cm³/mol. The van der Waals surface area contributed by atoms with Crippen LogP contribution in [0.4, 0.5) is 5.69 Å². The lowest BCUT2D eigenvalue weighted by molar-refractivity contribution is 0.710. The summed E-state index contributed by atoms with van der Waals surface area (Å²) in [6.45, 7) is 4.20. The van der Waals surface area contributed by atoms with E-state index in [4.69, 9.17) is 12.2 Å². The molecule has 0 aliphatic rings. The molecule has 0 aliphatic heterocycles. The third kappa shape index (κ3) is 1.81. The van der Waals surface area contributed by atoms with Crippen LogP contribution < -0.4 is 5.73 Å². The Morgan fingerprint density at radius 1 is 1.69 bits per heavy atom. The number of hydrogen-bond acceptors (Lipinski definition) is 2. The van der Waals surface area contributed by atoms with E-state index in [-0.39, 0.29) is 0 Å². The van der Waals surface area contributed by atoms with Crippen LogP contribution in [0, 0.1) is 12.3 Å². The van der Waals surface area contributed by atoms with E-state index < -0.39 is 0 Å². The van der Waals surface area contributed by atoms with E-state index in [2.05, 4.69) is 24.8 Å². The average molecular weight is 174 g/mol. The third-order valence-electron chi connectivity index (χ3n) is 2.26. The number of nitrogen functional groups attached to an aromatic ring is 1. The van der Waals surface area contributed by atoms with E-state index in [1.807, 2.05) is 0 Å². The predicted octanol–water partition coefficient (Wildman–Crippen LogP) is 2.16. The molecule has 1 aromatic heterocycles. The molecule has 0 bridgehead atoms. The molecule has 1 aromatic rings. The lowest BCUT2D eigenvalue weighted by Crippen LogP contribution is -2.03. The molecule has 0 aromatic carbocycles. The van der Waals surface area contributed by atoms with Crippen LogP contribution in [0.1, 0.15) is 37.4 Å². The number of terminal acetylenes is 1. The van der Waals surface area contributed by atoms with Crippen LogP contribution >= 0.6 is 0 Å². The molecule has 0 spiro atoms. The summed E-state index contributed by atoms with van der Waals surface area (Å²) in [7, 11) is 0. The molecule has 0 amide bonds. The van der Waals surface area contributed by atoms with E-state index in [1.165, 1.54) is 0 Å². The molecule has 1 rings (SSSR count).